The molecule has 0 bridgehead atoms. The molecule has 2 rings (SSSR count). The summed E-state index contributed by atoms with van der Waals surface area (Å²) in [5.41, 5.74) is 13.5. The first kappa shape index (κ1) is 14.8. The zero-order chi connectivity index (χ0) is 15.4. The van der Waals surface area contributed by atoms with E-state index in [1.165, 1.54) is 6.20 Å². The number of pyridine rings is 2. The summed E-state index contributed by atoms with van der Waals surface area (Å²) in [6.07, 6.45) is 1.46. The SMILES string of the molecule is CCN(Cc1cccc(C)n1)c1cc(C(N)=O)c(N)cn1. The Morgan fingerprint density at radius 3 is 2.76 bits per heavy atom. The lowest BCUT2D eigenvalue weighted by atomic mass is 10.2. The summed E-state index contributed by atoms with van der Waals surface area (Å²) in [6.45, 7) is 5.29. The molecule has 1 amide bonds. The van der Waals surface area contributed by atoms with Crippen molar-refractivity contribution < 1.29 is 4.79 Å². The summed E-state index contributed by atoms with van der Waals surface area (Å²) in [5, 5.41) is 0. The molecule has 2 heterocycles. The minimum absolute atomic E-state index is 0.288. The molecule has 0 aliphatic heterocycles. The van der Waals surface area contributed by atoms with Crippen LogP contribution in [0, 0.1) is 6.92 Å². The fourth-order valence-electron chi connectivity index (χ4n) is 2.08. The largest absolute Gasteiger partial charge is 0.397 e. The van der Waals surface area contributed by atoms with Crippen LogP contribution in [0.2, 0.25) is 0 Å². The van der Waals surface area contributed by atoms with E-state index < -0.39 is 5.91 Å². The number of amides is 1. The van der Waals surface area contributed by atoms with Crippen LogP contribution in [-0.2, 0) is 6.54 Å². The van der Waals surface area contributed by atoms with Crippen LogP contribution in [0.25, 0.3) is 0 Å². The highest BCUT2D eigenvalue weighted by Gasteiger charge is 2.13. The maximum Gasteiger partial charge on any atom is 0.250 e. The highest BCUT2D eigenvalue weighted by Crippen LogP contribution is 2.19. The molecule has 6 heteroatoms. The predicted molar refractivity (Wildman–Crippen MR) is 82.9 cm³/mol. The smallest absolute Gasteiger partial charge is 0.250 e. The van der Waals surface area contributed by atoms with Gasteiger partial charge in [-0.15, -0.1) is 0 Å². The van der Waals surface area contributed by atoms with Crippen molar-refractivity contribution in [3.63, 3.8) is 0 Å². The van der Waals surface area contributed by atoms with Gasteiger partial charge < -0.3 is 16.4 Å². The van der Waals surface area contributed by atoms with Gasteiger partial charge in [0.25, 0.3) is 5.91 Å². The number of anilines is 2. The van der Waals surface area contributed by atoms with Crippen LogP contribution in [0.5, 0.6) is 0 Å². The van der Waals surface area contributed by atoms with E-state index in [2.05, 4.69) is 9.97 Å². The van der Waals surface area contributed by atoms with E-state index >= 15 is 0 Å². The molecule has 2 aromatic rings. The first-order chi connectivity index (χ1) is 10.0. The van der Waals surface area contributed by atoms with Crippen LogP contribution < -0.4 is 16.4 Å². The minimum Gasteiger partial charge on any atom is -0.397 e. The third-order valence-electron chi connectivity index (χ3n) is 3.19. The lowest BCUT2D eigenvalue weighted by molar-refractivity contribution is 0.100. The Bertz CT molecular complexity index is 656. The highest BCUT2D eigenvalue weighted by molar-refractivity contribution is 5.98. The van der Waals surface area contributed by atoms with Crippen molar-refractivity contribution in [3.8, 4) is 0 Å². The molecule has 0 unspecified atom stereocenters. The number of aryl methyl sites for hydroxylation is 1. The molecule has 2 aromatic heterocycles. The van der Waals surface area contributed by atoms with Gasteiger partial charge in [-0.25, -0.2) is 4.98 Å². The van der Waals surface area contributed by atoms with Crippen molar-refractivity contribution in [2.45, 2.75) is 20.4 Å². The topological polar surface area (TPSA) is 98.1 Å². The summed E-state index contributed by atoms with van der Waals surface area (Å²) >= 11 is 0. The Balaban J connectivity index is 2.29. The zero-order valence-electron chi connectivity index (χ0n) is 12.2. The lowest BCUT2D eigenvalue weighted by Gasteiger charge is -2.22. The maximum atomic E-state index is 11.4. The van der Waals surface area contributed by atoms with E-state index in [1.807, 2.05) is 36.9 Å². The summed E-state index contributed by atoms with van der Waals surface area (Å²) in [4.78, 5) is 22.1. The number of carbonyl (C=O) groups excluding carboxylic acids is 1. The first-order valence-corrected chi connectivity index (χ1v) is 6.74. The van der Waals surface area contributed by atoms with E-state index in [9.17, 15) is 4.79 Å². The average molecular weight is 285 g/mol. The standard InChI is InChI=1S/C15H19N5O/c1-3-20(9-11-6-4-5-10(2)19-11)14-7-12(15(17)21)13(16)8-18-14/h4-8H,3,9,16H2,1-2H3,(H2,17,21). The van der Waals surface area contributed by atoms with Crippen molar-refractivity contribution in [1.29, 1.82) is 0 Å². The van der Waals surface area contributed by atoms with Gasteiger partial charge in [-0.1, -0.05) is 6.07 Å². The molecule has 0 aliphatic carbocycles. The molecule has 0 radical (unpaired) electrons. The molecule has 0 aliphatic rings. The fraction of sp³-hybridized carbons (Fsp3) is 0.267. The van der Waals surface area contributed by atoms with E-state index in [1.54, 1.807) is 6.07 Å². The number of aromatic nitrogens is 2. The van der Waals surface area contributed by atoms with E-state index in [4.69, 9.17) is 11.5 Å². The van der Waals surface area contributed by atoms with Gasteiger partial charge in [0.05, 0.1) is 29.7 Å². The molecular formula is C15H19N5O. The number of nitrogen functional groups attached to an aromatic ring is 1. The maximum absolute atomic E-state index is 11.4. The Morgan fingerprint density at radius 1 is 1.38 bits per heavy atom. The quantitative estimate of drug-likeness (QED) is 0.867. The molecule has 110 valence electrons. The van der Waals surface area contributed by atoms with E-state index in [0.29, 0.717) is 12.4 Å². The molecular weight excluding hydrogens is 266 g/mol. The second-order valence-electron chi connectivity index (χ2n) is 4.78. The molecule has 0 fully saturated rings. The van der Waals surface area contributed by atoms with Crippen molar-refractivity contribution in [3.05, 3.63) is 47.4 Å². The molecule has 0 saturated heterocycles. The van der Waals surface area contributed by atoms with Crippen LogP contribution in [0.15, 0.2) is 30.5 Å². The van der Waals surface area contributed by atoms with Gasteiger partial charge >= 0.3 is 0 Å². The Kier molecular flexibility index (Phi) is 4.37. The van der Waals surface area contributed by atoms with Gasteiger partial charge in [-0.3, -0.25) is 9.78 Å². The highest BCUT2D eigenvalue weighted by atomic mass is 16.1. The van der Waals surface area contributed by atoms with Crippen LogP contribution in [0.3, 0.4) is 0 Å². The zero-order valence-corrected chi connectivity index (χ0v) is 12.2. The Hall–Kier alpha value is -2.63. The minimum atomic E-state index is -0.555. The van der Waals surface area contributed by atoms with Crippen molar-refractivity contribution >= 4 is 17.4 Å². The number of hydrogen-bond acceptors (Lipinski definition) is 5. The molecule has 0 saturated carbocycles. The molecule has 21 heavy (non-hydrogen) atoms. The van der Waals surface area contributed by atoms with Gasteiger partial charge in [-0.2, -0.15) is 0 Å². The molecule has 6 nitrogen and oxygen atoms in total. The summed E-state index contributed by atoms with van der Waals surface area (Å²) in [6, 6.07) is 7.50. The first-order valence-electron chi connectivity index (χ1n) is 6.74. The second-order valence-corrected chi connectivity index (χ2v) is 4.78. The monoisotopic (exact) mass is 285 g/mol. The summed E-state index contributed by atoms with van der Waals surface area (Å²) in [7, 11) is 0. The third kappa shape index (κ3) is 3.47. The second kappa shape index (κ2) is 6.21. The molecule has 4 N–H and O–H groups in total. The number of carbonyl (C=O) groups is 1. The summed E-state index contributed by atoms with van der Waals surface area (Å²) in [5.74, 6) is 0.102. The van der Waals surface area contributed by atoms with Gasteiger partial charge in [0.1, 0.15) is 5.82 Å². The lowest BCUT2D eigenvalue weighted by Crippen LogP contribution is -2.25. The van der Waals surface area contributed by atoms with E-state index in [0.717, 1.165) is 17.9 Å². The third-order valence-corrected chi connectivity index (χ3v) is 3.19. The van der Waals surface area contributed by atoms with Gasteiger partial charge in [0.15, 0.2) is 0 Å². The number of primary amides is 1. The molecule has 0 aromatic carbocycles. The normalized spacial score (nSPS) is 10.4. The Labute approximate surface area is 123 Å². The molecule has 0 spiro atoms. The van der Waals surface area contributed by atoms with Crippen LogP contribution in [-0.4, -0.2) is 22.4 Å². The number of nitrogens with zero attached hydrogens (tertiary/aromatic N) is 3. The Morgan fingerprint density at radius 2 is 2.14 bits per heavy atom. The van der Waals surface area contributed by atoms with Crippen molar-refractivity contribution in [2.24, 2.45) is 5.73 Å². The van der Waals surface area contributed by atoms with Gasteiger partial charge in [0.2, 0.25) is 0 Å². The van der Waals surface area contributed by atoms with Crippen molar-refractivity contribution in [1.82, 2.24) is 9.97 Å². The van der Waals surface area contributed by atoms with Crippen molar-refractivity contribution in [2.75, 3.05) is 17.2 Å². The van der Waals surface area contributed by atoms with Crippen LogP contribution in [0.1, 0.15) is 28.7 Å². The average Bonchev–Trinajstić information content (AvgIpc) is 2.45. The number of rotatable bonds is 5. The fourth-order valence-corrected chi connectivity index (χ4v) is 2.08. The van der Waals surface area contributed by atoms with Gasteiger partial charge in [0, 0.05) is 12.2 Å². The summed E-state index contributed by atoms with van der Waals surface area (Å²) < 4.78 is 0. The number of nitrogens with two attached hydrogens (primary N) is 2. The number of hydrogen-bond donors (Lipinski definition) is 2. The molecule has 0 atom stereocenters. The predicted octanol–water partition coefficient (Wildman–Crippen LogP) is 1.49. The van der Waals surface area contributed by atoms with Gasteiger partial charge in [-0.05, 0) is 32.0 Å². The van der Waals surface area contributed by atoms with Crippen LogP contribution >= 0.6 is 0 Å². The van der Waals surface area contributed by atoms with E-state index in [-0.39, 0.29) is 11.3 Å². The van der Waals surface area contributed by atoms with Crippen LogP contribution in [0.4, 0.5) is 11.5 Å².